The van der Waals surface area contributed by atoms with Crippen LogP contribution in [0, 0.1) is 0 Å². The van der Waals surface area contributed by atoms with Crippen molar-refractivity contribution in [2.24, 2.45) is 0 Å². The molecule has 2 aliphatic heterocycles. The summed E-state index contributed by atoms with van der Waals surface area (Å²) in [5, 5.41) is 2.91. The second kappa shape index (κ2) is 9.29. The fourth-order valence-corrected chi connectivity index (χ4v) is 5.62. The van der Waals surface area contributed by atoms with E-state index in [1.807, 2.05) is 0 Å². The van der Waals surface area contributed by atoms with Gasteiger partial charge in [-0.2, -0.15) is 4.31 Å². The van der Waals surface area contributed by atoms with Gasteiger partial charge in [-0.3, -0.25) is 9.69 Å². The fraction of sp³-hybridized carbons (Fsp3) is 0.435. The quantitative estimate of drug-likeness (QED) is 0.738. The zero-order valence-corrected chi connectivity index (χ0v) is 18.0. The van der Waals surface area contributed by atoms with Gasteiger partial charge >= 0.3 is 0 Å². The maximum absolute atomic E-state index is 12.6. The van der Waals surface area contributed by atoms with Crippen LogP contribution in [0.3, 0.4) is 0 Å². The van der Waals surface area contributed by atoms with Crippen molar-refractivity contribution in [3.63, 3.8) is 0 Å². The molecule has 0 atom stereocenters. The number of nitrogens with one attached hydrogen (secondary N) is 1. The van der Waals surface area contributed by atoms with Crippen molar-refractivity contribution >= 4 is 15.9 Å². The standard InChI is InChI=1S/C23H29N3O3S/c27-23(21-9-11-22(12-10-21)30(28,29)26-15-3-4-16-26)24-17-19-5-7-20(8-6-19)18-25-13-1-2-14-25/h5-12H,1-4,13-18H2,(H,24,27). The molecule has 1 N–H and O–H groups in total. The molecule has 0 radical (unpaired) electrons. The Morgan fingerprint density at radius 2 is 1.37 bits per heavy atom. The third-order valence-corrected chi connectivity index (χ3v) is 7.81. The molecular weight excluding hydrogens is 398 g/mol. The van der Waals surface area contributed by atoms with Crippen LogP contribution in [0.2, 0.25) is 0 Å². The van der Waals surface area contributed by atoms with Gasteiger partial charge in [-0.1, -0.05) is 24.3 Å². The molecule has 2 saturated heterocycles. The number of carbonyl (C=O) groups is 1. The smallest absolute Gasteiger partial charge is 0.251 e. The molecule has 2 fully saturated rings. The molecule has 30 heavy (non-hydrogen) atoms. The van der Waals surface area contributed by atoms with Crippen LogP contribution in [0.4, 0.5) is 0 Å². The number of hydrogen-bond donors (Lipinski definition) is 1. The lowest BCUT2D eigenvalue weighted by molar-refractivity contribution is 0.0951. The van der Waals surface area contributed by atoms with E-state index in [9.17, 15) is 13.2 Å². The number of benzene rings is 2. The highest BCUT2D eigenvalue weighted by molar-refractivity contribution is 7.89. The Kier molecular flexibility index (Phi) is 6.51. The summed E-state index contributed by atoms with van der Waals surface area (Å²) in [5.41, 5.74) is 2.80. The minimum absolute atomic E-state index is 0.207. The van der Waals surface area contributed by atoms with Crippen LogP contribution in [0.15, 0.2) is 53.4 Å². The Bertz CT molecular complexity index is 960. The molecule has 2 aromatic carbocycles. The molecule has 0 spiro atoms. The Balaban J connectivity index is 1.31. The van der Waals surface area contributed by atoms with Crippen LogP contribution in [0.1, 0.15) is 47.2 Å². The van der Waals surface area contributed by atoms with Crippen LogP contribution in [0.25, 0.3) is 0 Å². The zero-order valence-electron chi connectivity index (χ0n) is 17.2. The summed E-state index contributed by atoms with van der Waals surface area (Å²) in [6, 6.07) is 14.6. The van der Waals surface area contributed by atoms with Gasteiger partial charge in [0.2, 0.25) is 10.0 Å². The average Bonchev–Trinajstić information content (AvgIpc) is 3.48. The lowest BCUT2D eigenvalue weighted by Gasteiger charge is -2.15. The van der Waals surface area contributed by atoms with Crippen molar-refractivity contribution in [1.82, 2.24) is 14.5 Å². The summed E-state index contributed by atoms with van der Waals surface area (Å²) in [6.45, 7) is 4.92. The molecule has 2 aromatic rings. The largest absolute Gasteiger partial charge is 0.348 e. The first-order chi connectivity index (χ1) is 14.5. The molecule has 160 valence electrons. The third-order valence-electron chi connectivity index (χ3n) is 5.90. The molecule has 7 heteroatoms. The maximum Gasteiger partial charge on any atom is 0.251 e. The number of likely N-dealkylation sites (tertiary alicyclic amines) is 1. The van der Waals surface area contributed by atoms with E-state index in [0.717, 1.165) is 24.9 Å². The highest BCUT2D eigenvalue weighted by Gasteiger charge is 2.27. The van der Waals surface area contributed by atoms with Gasteiger partial charge in [0, 0.05) is 31.7 Å². The van der Waals surface area contributed by atoms with E-state index in [2.05, 4.69) is 34.5 Å². The zero-order chi connectivity index (χ0) is 21.0. The highest BCUT2D eigenvalue weighted by Crippen LogP contribution is 2.21. The van der Waals surface area contributed by atoms with Gasteiger partial charge in [0.05, 0.1) is 4.90 Å². The molecule has 2 aliphatic rings. The Morgan fingerprint density at radius 3 is 2.00 bits per heavy atom. The Morgan fingerprint density at radius 1 is 0.800 bits per heavy atom. The summed E-state index contributed by atoms with van der Waals surface area (Å²) in [7, 11) is -3.45. The third kappa shape index (κ3) is 4.91. The molecule has 0 saturated carbocycles. The van der Waals surface area contributed by atoms with Crippen molar-refractivity contribution in [1.29, 1.82) is 0 Å². The number of amides is 1. The summed E-state index contributed by atoms with van der Waals surface area (Å²) in [5.74, 6) is -0.207. The first-order valence-electron chi connectivity index (χ1n) is 10.7. The number of hydrogen-bond acceptors (Lipinski definition) is 4. The maximum atomic E-state index is 12.6. The Labute approximate surface area is 178 Å². The molecule has 0 bridgehead atoms. The number of rotatable bonds is 7. The second-order valence-corrected chi connectivity index (χ2v) is 10.1. The van der Waals surface area contributed by atoms with Gasteiger partial charge in [-0.05, 0) is 74.2 Å². The minimum atomic E-state index is -3.45. The van der Waals surface area contributed by atoms with Crippen LogP contribution in [-0.2, 0) is 23.1 Å². The summed E-state index contributed by atoms with van der Waals surface area (Å²) >= 11 is 0. The molecule has 6 nitrogen and oxygen atoms in total. The van der Waals surface area contributed by atoms with E-state index < -0.39 is 10.0 Å². The average molecular weight is 428 g/mol. The molecule has 1 amide bonds. The predicted molar refractivity (Wildman–Crippen MR) is 117 cm³/mol. The first-order valence-corrected chi connectivity index (χ1v) is 12.1. The molecule has 0 aliphatic carbocycles. The Hall–Kier alpha value is -2.22. The van der Waals surface area contributed by atoms with E-state index in [1.54, 1.807) is 12.1 Å². The molecule has 0 unspecified atom stereocenters. The molecule has 4 rings (SSSR count). The second-order valence-electron chi connectivity index (χ2n) is 8.12. The van der Waals surface area contributed by atoms with Gasteiger partial charge in [0.25, 0.3) is 5.91 Å². The molecule has 0 aromatic heterocycles. The predicted octanol–water partition coefficient (Wildman–Crippen LogP) is 3.00. The first kappa shape index (κ1) is 21.0. The minimum Gasteiger partial charge on any atom is -0.348 e. The monoisotopic (exact) mass is 427 g/mol. The number of nitrogens with zero attached hydrogens (tertiary/aromatic N) is 2. The summed E-state index contributed by atoms with van der Waals surface area (Å²) in [4.78, 5) is 15.2. The van der Waals surface area contributed by atoms with Crippen LogP contribution in [0.5, 0.6) is 0 Å². The van der Waals surface area contributed by atoms with E-state index in [1.165, 1.54) is 47.9 Å². The normalized spacial score (nSPS) is 18.0. The van der Waals surface area contributed by atoms with E-state index in [0.29, 0.717) is 25.2 Å². The van der Waals surface area contributed by atoms with Crippen molar-refractivity contribution in [2.45, 2.75) is 43.7 Å². The van der Waals surface area contributed by atoms with Crippen molar-refractivity contribution in [2.75, 3.05) is 26.2 Å². The van der Waals surface area contributed by atoms with E-state index >= 15 is 0 Å². The molecule has 2 heterocycles. The number of sulfonamides is 1. The lowest BCUT2D eigenvalue weighted by atomic mass is 10.1. The van der Waals surface area contributed by atoms with Gasteiger partial charge in [-0.15, -0.1) is 0 Å². The van der Waals surface area contributed by atoms with Crippen LogP contribution in [-0.4, -0.2) is 49.7 Å². The summed E-state index contributed by atoms with van der Waals surface area (Å²) in [6.07, 6.45) is 4.38. The molecular formula is C23H29N3O3S. The van der Waals surface area contributed by atoms with Gasteiger partial charge in [-0.25, -0.2) is 8.42 Å². The topological polar surface area (TPSA) is 69.7 Å². The summed E-state index contributed by atoms with van der Waals surface area (Å²) < 4.78 is 26.7. The van der Waals surface area contributed by atoms with E-state index in [-0.39, 0.29) is 10.8 Å². The van der Waals surface area contributed by atoms with E-state index in [4.69, 9.17) is 0 Å². The lowest BCUT2D eigenvalue weighted by Crippen LogP contribution is -2.28. The van der Waals surface area contributed by atoms with Gasteiger partial charge in [0.1, 0.15) is 0 Å². The van der Waals surface area contributed by atoms with Crippen molar-refractivity contribution < 1.29 is 13.2 Å². The van der Waals surface area contributed by atoms with Gasteiger partial charge < -0.3 is 5.32 Å². The SMILES string of the molecule is O=C(NCc1ccc(CN2CCCC2)cc1)c1ccc(S(=O)(=O)N2CCCC2)cc1. The van der Waals surface area contributed by atoms with Crippen LogP contribution < -0.4 is 5.32 Å². The van der Waals surface area contributed by atoms with Crippen molar-refractivity contribution in [3.05, 3.63) is 65.2 Å². The highest BCUT2D eigenvalue weighted by atomic mass is 32.2. The number of carbonyl (C=O) groups excluding carboxylic acids is 1. The fourth-order valence-electron chi connectivity index (χ4n) is 4.10. The van der Waals surface area contributed by atoms with Crippen LogP contribution >= 0.6 is 0 Å². The van der Waals surface area contributed by atoms with Gasteiger partial charge in [0.15, 0.2) is 0 Å². The van der Waals surface area contributed by atoms with Crippen molar-refractivity contribution in [3.8, 4) is 0 Å².